The van der Waals surface area contributed by atoms with Gasteiger partial charge in [-0.2, -0.15) is 0 Å². The van der Waals surface area contributed by atoms with Crippen molar-refractivity contribution >= 4 is 17.1 Å². The Balaban J connectivity index is 1.84. The molecule has 2 aliphatic rings. The van der Waals surface area contributed by atoms with Crippen molar-refractivity contribution in [2.45, 2.75) is 39.0 Å². The van der Waals surface area contributed by atoms with E-state index in [1.54, 1.807) is 14.0 Å². The Morgan fingerprint density at radius 2 is 1.86 bits per heavy atom. The smallest absolute Gasteiger partial charge is 0.146 e. The number of ketones is 2. The monoisotopic (exact) mass is 284 g/mol. The second-order valence-corrected chi connectivity index (χ2v) is 6.14. The number of ether oxygens (including phenoxy) is 1. The first kappa shape index (κ1) is 14.1. The lowest BCUT2D eigenvalue weighted by Gasteiger charge is -2.18. The van der Waals surface area contributed by atoms with Crippen LogP contribution in [0.1, 0.15) is 43.7 Å². The van der Waals surface area contributed by atoms with Gasteiger partial charge in [0.2, 0.25) is 0 Å². The Hall–Kier alpha value is -1.90. The number of aryl methyl sites for hydroxylation is 1. The van der Waals surface area contributed by atoms with Gasteiger partial charge in [-0.1, -0.05) is 12.1 Å². The molecule has 1 fully saturated rings. The zero-order valence-electron chi connectivity index (χ0n) is 12.6. The second kappa shape index (κ2) is 5.14. The molecule has 1 saturated carbocycles. The Kier molecular flexibility index (Phi) is 3.44. The van der Waals surface area contributed by atoms with Gasteiger partial charge in [0, 0.05) is 12.8 Å². The van der Waals surface area contributed by atoms with E-state index in [9.17, 15) is 9.59 Å². The number of allylic oxidation sites excluding steroid dienone is 2. The molecular formula is C18H20O3. The van der Waals surface area contributed by atoms with E-state index < -0.39 is 5.41 Å². The van der Waals surface area contributed by atoms with Crippen molar-refractivity contribution in [2.24, 2.45) is 5.41 Å². The van der Waals surface area contributed by atoms with Crippen LogP contribution in [0.2, 0.25) is 0 Å². The van der Waals surface area contributed by atoms with E-state index in [4.69, 9.17) is 4.74 Å². The van der Waals surface area contributed by atoms with Crippen molar-refractivity contribution in [3.05, 3.63) is 35.4 Å². The molecule has 0 N–H and O–H groups in total. The molecule has 1 aromatic rings. The van der Waals surface area contributed by atoms with Crippen molar-refractivity contribution in [3.63, 3.8) is 0 Å². The van der Waals surface area contributed by atoms with Gasteiger partial charge in [0.25, 0.3) is 0 Å². The lowest BCUT2D eigenvalue weighted by molar-refractivity contribution is -0.133. The van der Waals surface area contributed by atoms with Crippen LogP contribution in [-0.4, -0.2) is 18.7 Å². The van der Waals surface area contributed by atoms with E-state index >= 15 is 0 Å². The molecule has 110 valence electrons. The molecule has 0 heterocycles. The third-order valence-corrected chi connectivity index (χ3v) is 4.89. The molecule has 0 spiro atoms. The first-order chi connectivity index (χ1) is 10.0. The fourth-order valence-electron chi connectivity index (χ4n) is 3.32. The van der Waals surface area contributed by atoms with Crippen molar-refractivity contribution < 1.29 is 14.3 Å². The van der Waals surface area contributed by atoms with Crippen LogP contribution in [0.3, 0.4) is 0 Å². The number of hydrogen-bond donors (Lipinski definition) is 0. The highest BCUT2D eigenvalue weighted by Crippen LogP contribution is 2.39. The number of rotatable bonds is 3. The summed E-state index contributed by atoms with van der Waals surface area (Å²) in [5, 5.41) is 0. The summed E-state index contributed by atoms with van der Waals surface area (Å²) >= 11 is 0. The van der Waals surface area contributed by atoms with Gasteiger partial charge in [0.15, 0.2) is 0 Å². The molecule has 0 aliphatic heterocycles. The third-order valence-electron chi connectivity index (χ3n) is 4.89. The van der Waals surface area contributed by atoms with Gasteiger partial charge in [0.05, 0.1) is 12.5 Å². The highest BCUT2D eigenvalue weighted by molar-refractivity contribution is 6.12. The molecule has 0 aromatic heterocycles. The van der Waals surface area contributed by atoms with E-state index in [2.05, 4.69) is 18.2 Å². The summed E-state index contributed by atoms with van der Waals surface area (Å²) in [5.41, 5.74) is 2.98. The summed E-state index contributed by atoms with van der Waals surface area (Å²) in [6, 6.07) is 6.11. The van der Waals surface area contributed by atoms with Crippen LogP contribution in [0.15, 0.2) is 24.3 Å². The predicted octanol–water partition coefficient (Wildman–Crippen LogP) is 3.35. The van der Waals surface area contributed by atoms with E-state index in [-0.39, 0.29) is 11.6 Å². The van der Waals surface area contributed by atoms with E-state index in [1.807, 2.05) is 6.07 Å². The lowest BCUT2D eigenvalue weighted by atomic mass is 9.82. The van der Waals surface area contributed by atoms with Crippen LogP contribution in [0.25, 0.3) is 5.57 Å². The fourth-order valence-corrected chi connectivity index (χ4v) is 3.32. The van der Waals surface area contributed by atoms with Crippen LogP contribution >= 0.6 is 0 Å². The van der Waals surface area contributed by atoms with Gasteiger partial charge in [-0.05, 0) is 55.0 Å². The Labute approximate surface area is 125 Å². The number of benzene rings is 1. The molecule has 2 aliphatic carbocycles. The van der Waals surface area contributed by atoms with Crippen LogP contribution in [0.5, 0.6) is 5.75 Å². The first-order valence-corrected chi connectivity index (χ1v) is 7.47. The molecule has 3 heteroatoms. The van der Waals surface area contributed by atoms with Crippen molar-refractivity contribution in [2.75, 3.05) is 7.11 Å². The molecule has 0 unspecified atom stereocenters. The maximum atomic E-state index is 12.0. The van der Waals surface area contributed by atoms with Gasteiger partial charge in [-0.3, -0.25) is 9.59 Å². The summed E-state index contributed by atoms with van der Waals surface area (Å²) < 4.78 is 5.25. The standard InChI is InChI=1S/C18H20O3/c1-18(16(19)7-8-17(18)20)10-9-12-3-4-13-11-14(21-2)5-6-15(12)13/h5-6,9,11H,3-4,7-8,10H2,1-2H3/b12-9+. The zero-order valence-corrected chi connectivity index (χ0v) is 12.6. The zero-order chi connectivity index (χ0) is 15.0. The highest BCUT2D eigenvalue weighted by atomic mass is 16.5. The summed E-state index contributed by atoms with van der Waals surface area (Å²) in [5.74, 6) is 1.07. The predicted molar refractivity (Wildman–Crippen MR) is 81.3 cm³/mol. The lowest BCUT2D eigenvalue weighted by Crippen LogP contribution is -2.28. The minimum absolute atomic E-state index is 0.0947. The van der Waals surface area contributed by atoms with Gasteiger partial charge in [0.1, 0.15) is 17.3 Å². The van der Waals surface area contributed by atoms with Crippen LogP contribution in [0, 0.1) is 5.41 Å². The Morgan fingerprint density at radius 3 is 2.52 bits per heavy atom. The SMILES string of the molecule is COc1ccc2c(c1)CC/C2=C\CC1(C)C(=O)CCC1=O. The number of methoxy groups -OCH3 is 1. The highest BCUT2D eigenvalue weighted by Gasteiger charge is 2.44. The maximum Gasteiger partial charge on any atom is 0.146 e. The molecular weight excluding hydrogens is 264 g/mol. The minimum Gasteiger partial charge on any atom is -0.497 e. The summed E-state index contributed by atoms with van der Waals surface area (Å²) in [6.07, 6.45) is 5.42. The molecule has 0 bridgehead atoms. The largest absolute Gasteiger partial charge is 0.497 e. The van der Waals surface area contributed by atoms with Gasteiger partial charge < -0.3 is 4.74 Å². The van der Waals surface area contributed by atoms with Crippen LogP contribution < -0.4 is 4.74 Å². The Bertz CT molecular complexity index is 624. The summed E-state index contributed by atoms with van der Waals surface area (Å²) in [6.45, 7) is 1.80. The molecule has 0 saturated heterocycles. The average Bonchev–Trinajstić information content (AvgIpc) is 3.01. The van der Waals surface area contributed by atoms with Crippen molar-refractivity contribution in [1.82, 2.24) is 0 Å². The number of hydrogen-bond acceptors (Lipinski definition) is 3. The minimum atomic E-state index is -0.789. The number of carbonyl (C=O) groups excluding carboxylic acids is 2. The third kappa shape index (κ3) is 2.31. The van der Waals surface area contributed by atoms with Gasteiger partial charge in [-0.25, -0.2) is 0 Å². The Morgan fingerprint density at radius 1 is 1.14 bits per heavy atom. The van der Waals surface area contributed by atoms with E-state index in [0.717, 1.165) is 18.6 Å². The van der Waals surface area contributed by atoms with Crippen LogP contribution in [-0.2, 0) is 16.0 Å². The molecule has 21 heavy (non-hydrogen) atoms. The molecule has 0 amide bonds. The quantitative estimate of drug-likeness (QED) is 0.799. The summed E-state index contributed by atoms with van der Waals surface area (Å²) in [7, 11) is 1.67. The average molecular weight is 284 g/mol. The van der Waals surface area contributed by atoms with Crippen molar-refractivity contribution in [1.29, 1.82) is 0 Å². The maximum absolute atomic E-state index is 12.0. The first-order valence-electron chi connectivity index (χ1n) is 7.47. The van der Waals surface area contributed by atoms with Gasteiger partial charge >= 0.3 is 0 Å². The molecule has 3 rings (SSSR count). The molecule has 1 aromatic carbocycles. The summed E-state index contributed by atoms with van der Waals surface area (Å²) in [4.78, 5) is 23.9. The van der Waals surface area contributed by atoms with Crippen LogP contribution in [0.4, 0.5) is 0 Å². The molecule has 0 atom stereocenters. The number of carbonyl (C=O) groups is 2. The normalized spacial score (nSPS) is 21.9. The van der Waals surface area contributed by atoms with E-state index in [1.165, 1.54) is 16.7 Å². The second-order valence-electron chi connectivity index (χ2n) is 6.14. The van der Waals surface area contributed by atoms with Gasteiger partial charge in [-0.15, -0.1) is 0 Å². The van der Waals surface area contributed by atoms with Crippen molar-refractivity contribution in [3.8, 4) is 5.75 Å². The fraction of sp³-hybridized carbons (Fsp3) is 0.444. The van der Waals surface area contributed by atoms with E-state index in [0.29, 0.717) is 19.3 Å². The molecule has 0 radical (unpaired) electrons. The number of fused-ring (bicyclic) bond motifs is 1. The molecule has 3 nitrogen and oxygen atoms in total. The number of Topliss-reactive ketones (excluding diaryl/α,β-unsaturated/α-hetero) is 2. The topological polar surface area (TPSA) is 43.4 Å².